The smallest absolute Gasteiger partial charge is 0.408 e. The molecule has 1 aliphatic carbocycles. The van der Waals surface area contributed by atoms with Gasteiger partial charge >= 0.3 is 6.09 Å². The number of primary amides is 1. The second kappa shape index (κ2) is 12.6. The van der Waals surface area contributed by atoms with Crippen LogP contribution in [0.15, 0.2) is 36.4 Å². The third-order valence-corrected chi connectivity index (χ3v) is 7.17. The quantitative estimate of drug-likeness (QED) is 0.335. The number of aryl methyl sites for hydroxylation is 3. The van der Waals surface area contributed by atoms with Gasteiger partial charge in [0, 0.05) is 23.7 Å². The number of nitrogens with two attached hydrogens (primary N) is 1. The van der Waals surface area contributed by atoms with Gasteiger partial charge in [0.2, 0.25) is 11.8 Å². The Hall–Kier alpha value is -4.08. The zero-order chi connectivity index (χ0) is 30.6. The highest BCUT2D eigenvalue weighted by atomic mass is 16.6. The Morgan fingerprint density at radius 3 is 2.15 bits per heavy atom. The first-order valence-electron chi connectivity index (χ1n) is 13.9. The number of ether oxygens (including phenoxy) is 1. The summed E-state index contributed by atoms with van der Waals surface area (Å²) in [5.74, 6) is -1.76. The first-order valence-corrected chi connectivity index (χ1v) is 13.9. The van der Waals surface area contributed by atoms with E-state index in [1.165, 1.54) is 4.90 Å². The lowest BCUT2D eigenvalue weighted by atomic mass is 9.97. The van der Waals surface area contributed by atoms with Crippen LogP contribution in [0.3, 0.4) is 0 Å². The monoisotopic (exact) mass is 566 g/mol. The molecule has 0 heterocycles. The molecule has 0 spiro atoms. The highest BCUT2D eigenvalue weighted by molar-refractivity contribution is 6.00. The molecule has 10 heteroatoms. The van der Waals surface area contributed by atoms with E-state index in [9.17, 15) is 24.3 Å². The molecular weight excluding hydrogens is 524 g/mol. The van der Waals surface area contributed by atoms with Crippen LogP contribution in [0, 0.1) is 26.7 Å². The van der Waals surface area contributed by atoms with Gasteiger partial charge in [0.1, 0.15) is 23.4 Å². The molecule has 0 radical (unpaired) electrons. The summed E-state index contributed by atoms with van der Waals surface area (Å²) in [5.41, 5.74) is 7.66. The Bertz CT molecular complexity index is 1300. The van der Waals surface area contributed by atoms with Gasteiger partial charge in [-0.1, -0.05) is 43.3 Å². The summed E-state index contributed by atoms with van der Waals surface area (Å²) in [4.78, 5) is 54.3. The summed E-state index contributed by atoms with van der Waals surface area (Å²) < 4.78 is 5.38. The third-order valence-electron chi connectivity index (χ3n) is 7.17. The number of rotatable bonds is 10. The van der Waals surface area contributed by atoms with Crippen LogP contribution in [0.25, 0.3) is 0 Å². The van der Waals surface area contributed by atoms with Crippen molar-refractivity contribution in [1.82, 2.24) is 10.2 Å². The summed E-state index contributed by atoms with van der Waals surface area (Å²) in [5, 5.41) is 16.7. The van der Waals surface area contributed by atoms with E-state index in [2.05, 4.69) is 10.6 Å². The Labute approximate surface area is 241 Å². The van der Waals surface area contributed by atoms with Crippen LogP contribution in [-0.4, -0.2) is 51.5 Å². The minimum Gasteiger partial charge on any atom is -0.507 e. The van der Waals surface area contributed by atoms with Crippen LogP contribution in [-0.2, 0) is 19.1 Å². The van der Waals surface area contributed by atoms with Crippen LogP contribution in [0.1, 0.15) is 75.3 Å². The molecule has 41 heavy (non-hydrogen) atoms. The van der Waals surface area contributed by atoms with Crippen LogP contribution >= 0.6 is 0 Å². The highest BCUT2D eigenvalue weighted by Gasteiger charge is 2.49. The molecule has 5 N–H and O–H groups in total. The summed E-state index contributed by atoms with van der Waals surface area (Å²) in [6, 6.07) is 7.91. The molecule has 10 nitrogen and oxygen atoms in total. The minimum absolute atomic E-state index is 0.0692. The molecule has 222 valence electrons. The molecule has 1 saturated carbocycles. The number of nitrogens with zero attached hydrogens (tertiary/aromatic N) is 1. The van der Waals surface area contributed by atoms with Crippen LogP contribution < -0.4 is 16.4 Å². The largest absolute Gasteiger partial charge is 0.507 e. The van der Waals surface area contributed by atoms with Crippen molar-refractivity contribution in [2.75, 3.05) is 5.32 Å². The number of para-hydroxylation sites is 2. The maximum absolute atomic E-state index is 14.3. The molecule has 4 atom stereocenters. The number of hydrogen-bond donors (Lipinski definition) is 4. The van der Waals surface area contributed by atoms with Crippen molar-refractivity contribution in [3.05, 3.63) is 58.7 Å². The average molecular weight is 567 g/mol. The van der Waals surface area contributed by atoms with Crippen molar-refractivity contribution in [2.45, 2.75) is 91.5 Å². The van der Waals surface area contributed by atoms with Gasteiger partial charge in [-0.25, -0.2) is 4.79 Å². The Morgan fingerprint density at radius 2 is 1.61 bits per heavy atom. The van der Waals surface area contributed by atoms with Gasteiger partial charge in [-0.15, -0.1) is 0 Å². The standard InChI is InChI=1S/C31H42N4O6/c1-17-10-8-11-18(2)25(17)34-28(38)26(21-13-9-12-19(3)27(21)37)35(23-16-20(23)4)29(39)22(14-15-24(32)36)33-30(40)41-31(5,6)7/h8-13,20,22-23,26,37H,14-16H2,1-7H3,(H2,32,36)(H,33,40)(H,34,38). The molecule has 0 saturated heterocycles. The normalized spacial score (nSPS) is 17.6. The number of nitrogens with one attached hydrogen (secondary N) is 2. The highest BCUT2D eigenvalue weighted by Crippen LogP contribution is 2.43. The molecule has 0 aromatic heterocycles. The molecule has 2 aromatic carbocycles. The molecule has 4 amide bonds. The number of alkyl carbamates (subject to hydrolysis) is 1. The van der Waals surface area contributed by atoms with Crippen molar-refractivity contribution in [3.63, 3.8) is 0 Å². The lowest BCUT2D eigenvalue weighted by Gasteiger charge is -2.35. The number of hydrogen-bond acceptors (Lipinski definition) is 6. The lowest BCUT2D eigenvalue weighted by molar-refractivity contribution is -0.142. The van der Waals surface area contributed by atoms with E-state index in [1.54, 1.807) is 45.9 Å². The van der Waals surface area contributed by atoms with E-state index < -0.39 is 41.5 Å². The zero-order valence-electron chi connectivity index (χ0n) is 24.9. The van der Waals surface area contributed by atoms with Gasteiger partial charge in [-0.2, -0.15) is 0 Å². The molecule has 2 aromatic rings. The maximum Gasteiger partial charge on any atom is 0.408 e. The fraction of sp³-hybridized carbons (Fsp3) is 0.484. The van der Waals surface area contributed by atoms with Crippen LogP contribution in [0.5, 0.6) is 5.75 Å². The molecule has 1 fully saturated rings. The first kappa shape index (κ1) is 31.4. The van der Waals surface area contributed by atoms with E-state index in [0.717, 1.165) is 11.1 Å². The van der Waals surface area contributed by atoms with Crippen molar-refractivity contribution >= 4 is 29.5 Å². The second-order valence-electron chi connectivity index (χ2n) is 11.9. The number of phenols is 1. The Kier molecular flexibility index (Phi) is 9.68. The number of aromatic hydroxyl groups is 1. The van der Waals surface area contributed by atoms with E-state index in [-0.39, 0.29) is 36.1 Å². The van der Waals surface area contributed by atoms with E-state index in [1.807, 2.05) is 39.0 Å². The van der Waals surface area contributed by atoms with Gasteiger partial charge in [0.15, 0.2) is 0 Å². The number of carbonyl (C=O) groups is 4. The van der Waals surface area contributed by atoms with E-state index >= 15 is 0 Å². The zero-order valence-corrected chi connectivity index (χ0v) is 24.9. The predicted octanol–water partition coefficient (Wildman–Crippen LogP) is 4.39. The minimum atomic E-state index is -1.23. The summed E-state index contributed by atoms with van der Waals surface area (Å²) >= 11 is 0. The van der Waals surface area contributed by atoms with E-state index in [0.29, 0.717) is 17.7 Å². The third kappa shape index (κ3) is 7.99. The number of carbonyl (C=O) groups excluding carboxylic acids is 4. The van der Waals surface area contributed by atoms with Gasteiger partial charge < -0.3 is 31.1 Å². The van der Waals surface area contributed by atoms with Crippen molar-refractivity contribution in [1.29, 1.82) is 0 Å². The summed E-state index contributed by atoms with van der Waals surface area (Å²) in [6.07, 6.45) is -0.467. The molecule has 0 bridgehead atoms. The SMILES string of the molecule is Cc1cccc(C(C(=O)Nc2c(C)cccc2C)N(C(=O)C(CCC(N)=O)NC(=O)OC(C)(C)C)C2CC2C)c1O. The molecule has 1 aliphatic rings. The van der Waals surface area contributed by atoms with Gasteiger partial charge in [0.05, 0.1) is 0 Å². The van der Waals surface area contributed by atoms with Crippen molar-refractivity contribution in [3.8, 4) is 5.75 Å². The van der Waals surface area contributed by atoms with Crippen molar-refractivity contribution < 1.29 is 29.0 Å². The molecular formula is C31H42N4O6. The fourth-order valence-corrected chi connectivity index (χ4v) is 4.87. The van der Waals surface area contributed by atoms with Crippen LogP contribution in [0.2, 0.25) is 0 Å². The number of benzene rings is 2. The summed E-state index contributed by atoms with van der Waals surface area (Å²) in [6.45, 7) is 12.5. The fourth-order valence-electron chi connectivity index (χ4n) is 4.87. The van der Waals surface area contributed by atoms with Gasteiger partial charge in [-0.05, 0) is 77.0 Å². The maximum atomic E-state index is 14.3. The molecule has 4 unspecified atom stereocenters. The Morgan fingerprint density at radius 1 is 1.05 bits per heavy atom. The van der Waals surface area contributed by atoms with E-state index in [4.69, 9.17) is 10.5 Å². The van der Waals surface area contributed by atoms with Crippen LogP contribution in [0.4, 0.5) is 10.5 Å². The Balaban J connectivity index is 2.10. The molecule has 0 aliphatic heterocycles. The predicted molar refractivity (Wildman–Crippen MR) is 156 cm³/mol. The number of amides is 4. The number of anilines is 1. The van der Waals surface area contributed by atoms with Crippen molar-refractivity contribution in [2.24, 2.45) is 11.7 Å². The lowest BCUT2D eigenvalue weighted by Crippen LogP contribution is -2.53. The van der Waals surface area contributed by atoms with Gasteiger partial charge in [-0.3, -0.25) is 14.4 Å². The number of phenolic OH excluding ortho intramolecular Hbond substituents is 1. The average Bonchev–Trinajstić information content (AvgIpc) is 3.58. The second-order valence-corrected chi connectivity index (χ2v) is 11.9. The van der Waals surface area contributed by atoms with Gasteiger partial charge in [0.25, 0.3) is 5.91 Å². The molecule has 3 rings (SSSR count). The topological polar surface area (TPSA) is 151 Å². The summed E-state index contributed by atoms with van der Waals surface area (Å²) in [7, 11) is 0. The first-order chi connectivity index (χ1) is 19.1.